The summed E-state index contributed by atoms with van der Waals surface area (Å²) in [6, 6.07) is 0. The van der Waals surface area contributed by atoms with Gasteiger partial charge in [-0.1, -0.05) is 41.1 Å². The fourth-order valence-electron chi connectivity index (χ4n) is 3.75. The maximum atomic E-state index is 11.7. The lowest BCUT2D eigenvalue weighted by Gasteiger charge is -2.48. The molecule has 3 atom stereocenters. The van der Waals surface area contributed by atoms with Crippen LogP contribution >= 0.6 is 15.9 Å². The highest BCUT2D eigenvalue weighted by molar-refractivity contribution is 9.09. The fourth-order valence-corrected chi connectivity index (χ4v) is 4.37. The van der Waals surface area contributed by atoms with Gasteiger partial charge in [0.25, 0.3) is 0 Å². The largest absolute Gasteiger partial charge is 0.466 e. The molecule has 0 saturated heterocycles. The zero-order valence-electron chi connectivity index (χ0n) is 11.9. The van der Waals surface area contributed by atoms with Gasteiger partial charge < -0.3 is 4.74 Å². The van der Waals surface area contributed by atoms with E-state index in [-0.39, 0.29) is 11.9 Å². The number of rotatable bonds is 3. The van der Waals surface area contributed by atoms with Gasteiger partial charge in [-0.05, 0) is 49.4 Å². The van der Waals surface area contributed by atoms with Gasteiger partial charge in [-0.25, -0.2) is 4.79 Å². The molecule has 2 aliphatic rings. The van der Waals surface area contributed by atoms with Gasteiger partial charge in [-0.2, -0.15) is 0 Å². The van der Waals surface area contributed by atoms with Crippen molar-refractivity contribution in [2.24, 2.45) is 17.3 Å². The molecule has 2 nitrogen and oxygen atoms in total. The number of carbonyl (C=O) groups is 1. The summed E-state index contributed by atoms with van der Waals surface area (Å²) in [4.78, 5) is 11.7. The Hall–Kier alpha value is -0.570. The monoisotopic (exact) mass is 326 g/mol. The van der Waals surface area contributed by atoms with Crippen LogP contribution in [0.15, 0.2) is 23.8 Å². The van der Waals surface area contributed by atoms with E-state index in [0.717, 1.165) is 18.2 Å². The molecule has 0 spiro atoms. The van der Waals surface area contributed by atoms with Crippen molar-refractivity contribution in [1.29, 1.82) is 0 Å². The van der Waals surface area contributed by atoms with E-state index in [0.29, 0.717) is 16.9 Å². The van der Waals surface area contributed by atoms with Crippen molar-refractivity contribution in [3.05, 3.63) is 23.8 Å². The molecule has 2 rings (SSSR count). The minimum absolute atomic E-state index is 0.242. The van der Waals surface area contributed by atoms with Crippen LogP contribution in [0.25, 0.3) is 0 Å². The summed E-state index contributed by atoms with van der Waals surface area (Å²) in [7, 11) is 1.44. The Morgan fingerprint density at radius 2 is 2.32 bits per heavy atom. The maximum Gasteiger partial charge on any atom is 0.333 e. The van der Waals surface area contributed by atoms with Crippen LogP contribution in [-0.4, -0.2) is 18.4 Å². The van der Waals surface area contributed by atoms with Gasteiger partial charge >= 0.3 is 5.97 Å². The molecule has 19 heavy (non-hydrogen) atoms. The van der Waals surface area contributed by atoms with Crippen LogP contribution in [0.2, 0.25) is 0 Å². The van der Waals surface area contributed by atoms with E-state index in [2.05, 4.69) is 35.5 Å². The number of fused-ring (bicyclic) bond motifs is 1. The molecule has 0 N–H and O–H groups in total. The number of allylic oxidation sites excluding steroid dienone is 2. The average molecular weight is 327 g/mol. The van der Waals surface area contributed by atoms with Crippen molar-refractivity contribution in [3.63, 3.8) is 0 Å². The zero-order valence-corrected chi connectivity index (χ0v) is 13.5. The molecule has 1 fully saturated rings. The van der Waals surface area contributed by atoms with Gasteiger partial charge in [-0.3, -0.25) is 0 Å². The van der Waals surface area contributed by atoms with Crippen LogP contribution in [0.3, 0.4) is 0 Å². The van der Waals surface area contributed by atoms with Gasteiger partial charge in [-0.15, -0.1) is 0 Å². The molecule has 0 aromatic heterocycles. The smallest absolute Gasteiger partial charge is 0.333 e. The van der Waals surface area contributed by atoms with Crippen molar-refractivity contribution >= 4 is 21.9 Å². The Balaban J connectivity index is 2.16. The molecule has 0 heterocycles. The molecule has 0 amide bonds. The van der Waals surface area contributed by atoms with E-state index >= 15 is 0 Å². The summed E-state index contributed by atoms with van der Waals surface area (Å²) in [5.41, 5.74) is 2.57. The third kappa shape index (κ3) is 2.81. The average Bonchev–Trinajstić information content (AvgIpc) is 2.43. The van der Waals surface area contributed by atoms with Gasteiger partial charge in [0.05, 0.1) is 7.11 Å². The normalized spacial score (nSPS) is 34.2. The quantitative estimate of drug-likeness (QED) is 0.335. The molecule has 1 saturated carbocycles. The molecule has 106 valence electrons. The number of hydrogen-bond donors (Lipinski definition) is 0. The second kappa shape index (κ2) is 5.82. The van der Waals surface area contributed by atoms with E-state index in [1.165, 1.54) is 31.9 Å². The van der Waals surface area contributed by atoms with Crippen molar-refractivity contribution in [2.45, 2.75) is 39.0 Å². The summed E-state index contributed by atoms with van der Waals surface area (Å²) < 4.78 is 4.82. The number of alkyl halides is 1. The third-order valence-corrected chi connectivity index (χ3v) is 5.74. The SMILES string of the molecule is C=C(C(=O)OC)[C@@H]1CC[C@@]2(C)CCC=C(CBr)C2C1. The van der Waals surface area contributed by atoms with Gasteiger partial charge in [0.2, 0.25) is 0 Å². The summed E-state index contributed by atoms with van der Waals surface area (Å²) in [6.07, 6.45) is 8.13. The lowest BCUT2D eigenvalue weighted by Crippen LogP contribution is -2.38. The number of methoxy groups -OCH3 is 1. The summed E-state index contributed by atoms with van der Waals surface area (Å²) in [6.45, 7) is 6.36. The Bertz CT molecular complexity index is 413. The first kappa shape index (κ1) is 14.8. The molecular weight excluding hydrogens is 304 g/mol. The van der Waals surface area contributed by atoms with E-state index in [1.807, 2.05) is 0 Å². The molecule has 0 aromatic carbocycles. The highest BCUT2D eigenvalue weighted by Gasteiger charge is 2.43. The predicted molar refractivity (Wildman–Crippen MR) is 81.2 cm³/mol. The minimum atomic E-state index is -0.242. The molecule has 3 heteroatoms. The second-order valence-corrected chi connectivity index (χ2v) is 6.71. The molecular formula is C16H23BrO2. The molecule has 0 radical (unpaired) electrons. The highest BCUT2D eigenvalue weighted by atomic mass is 79.9. The van der Waals surface area contributed by atoms with Crippen molar-refractivity contribution in [3.8, 4) is 0 Å². The number of esters is 1. The Morgan fingerprint density at radius 1 is 1.58 bits per heavy atom. The van der Waals surface area contributed by atoms with Crippen molar-refractivity contribution in [1.82, 2.24) is 0 Å². The lowest BCUT2D eigenvalue weighted by atomic mass is 9.57. The van der Waals surface area contributed by atoms with Crippen LogP contribution in [0, 0.1) is 17.3 Å². The molecule has 0 bridgehead atoms. The van der Waals surface area contributed by atoms with Crippen LogP contribution in [0.1, 0.15) is 39.0 Å². The second-order valence-electron chi connectivity index (χ2n) is 6.15. The van der Waals surface area contributed by atoms with E-state index in [1.54, 1.807) is 0 Å². The standard InChI is InChI=1S/C16H23BrO2/c1-11(15(18)19-3)12-6-8-16(2)7-4-5-13(10-17)14(16)9-12/h5,12,14H,1,4,6-10H2,2-3H3/t12-,14?,16-/m1/s1. The van der Waals surface area contributed by atoms with Crippen LogP contribution < -0.4 is 0 Å². The first-order valence-electron chi connectivity index (χ1n) is 7.04. The fraction of sp³-hybridized carbons (Fsp3) is 0.688. The highest BCUT2D eigenvalue weighted by Crippen LogP contribution is 2.53. The van der Waals surface area contributed by atoms with Crippen molar-refractivity contribution in [2.75, 3.05) is 12.4 Å². The maximum absolute atomic E-state index is 11.7. The number of halogens is 1. The van der Waals surface area contributed by atoms with Crippen LogP contribution in [0.4, 0.5) is 0 Å². The van der Waals surface area contributed by atoms with Crippen LogP contribution in [-0.2, 0) is 9.53 Å². The first-order chi connectivity index (χ1) is 9.01. The summed E-state index contributed by atoms with van der Waals surface area (Å²) in [5.74, 6) is 0.626. The van der Waals surface area contributed by atoms with E-state index in [9.17, 15) is 4.79 Å². The first-order valence-corrected chi connectivity index (χ1v) is 8.16. The third-order valence-electron chi connectivity index (χ3n) is 5.09. The summed E-state index contributed by atoms with van der Waals surface area (Å²) in [5, 5.41) is 0.949. The van der Waals surface area contributed by atoms with Crippen LogP contribution in [0.5, 0.6) is 0 Å². The minimum Gasteiger partial charge on any atom is -0.466 e. The Kier molecular flexibility index (Phi) is 4.54. The number of hydrogen-bond acceptors (Lipinski definition) is 2. The molecule has 2 aliphatic carbocycles. The molecule has 1 unspecified atom stereocenters. The predicted octanol–water partition coefficient (Wildman–Crippen LogP) is 4.25. The van der Waals surface area contributed by atoms with Gasteiger partial charge in [0.15, 0.2) is 0 Å². The van der Waals surface area contributed by atoms with E-state index in [4.69, 9.17) is 4.74 Å². The van der Waals surface area contributed by atoms with E-state index < -0.39 is 0 Å². The van der Waals surface area contributed by atoms with Gasteiger partial charge in [0.1, 0.15) is 0 Å². The summed E-state index contributed by atoms with van der Waals surface area (Å²) >= 11 is 3.61. The molecule has 0 aliphatic heterocycles. The molecule has 0 aromatic rings. The number of carbonyl (C=O) groups excluding carboxylic acids is 1. The zero-order chi connectivity index (χ0) is 14.0. The Labute approximate surface area is 124 Å². The Morgan fingerprint density at radius 3 is 2.95 bits per heavy atom. The number of ether oxygens (including phenoxy) is 1. The van der Waals surface area contributed by atoms with Crippen molar-refractivity contribution < 1.29 is 9.53 Å². The topological polar surface area (TPSA) is 26.3 Å². The van der Waals surface area contributed by atoms with Gasteiger partial charge in [0, 0.05) is 10.9 Å². The lowest BCUT2D eigenvalue weighted by molar-refractivity contribution is -0.137.